The largest absolute Gasteiger partial charge is 0.465 e. The summed E-state index contributed by atoms with van der Waals surface area (Å²) in [4.78, 5) is 28.0. The number of urea groups is 1. The number of carbonyl (C=O) groups is 2. The molecule has 2 aromatic rings. The number of benzene rings is 2. The Hall–Kier alpha value is -3.02. The zero-order chi connectivity index (χ0) is 19.2. The van der Waals surface area contributed by atoms with Gasteiger partial charge in [0.05, 0.1) is 12.7 Å². The van der Waals surface area contributed by atoms with Crippen LogP contribution in [0, 0.1) is 0 Å². The van der Waals surface area contributed by atoms with Crippen LogP contribution in [0.25, 0.3) is 0 Å². The summed E-state index contributed by atoms with van der Waals surface area (Å²) in [6.07, 6.45) is 2.43. The SMILES string of the molecule is COC(=O)c1ccc(NC(=O)N(C)Cc2ccccc2N2CCCC2)cc1. The zero-order valence-corrected chi connectivity index (χ0v) is 15.8. The molecule has 1 aliphatic heterocycles. The number of esters is 1. The van der Waals surface area contributed by atoms with Gasteiger partial charge < -0.3 is 19.9 Å². The van der Waals surface area contributed by atoms with E-state index in [9.17, 15) is 9.59 Å². The van der Waals surface area contributed by atoms with Crippen LogP contribution < -0.4 is 10.2 Å². The molecular weight excluding hydrogens is 342 g/mol. The van der Waals surface area contributed by atoms with Crippen LogP contribution in [0.2, 0.25) is 0 Å². The van der Waals surface area contributed by atoms with Crippen LogP contribution >= 0.6 is 0 Å². The lowest BCUT2D eigenvalue weighted by Crippen LogP contribution is -2.31. The molecule has 1 aliphatic rings. The van der Waals surface area contributed by atoms with Crippen LogP contribution in [0.15, 0.2) is 48.5 Å². The molecule has 0 spiro atoms. The summed E-state index contributed by atoms with van der Waals surface area (Å²) in [6.45, 7) is 2.66. The number of amides is 2. The van der Waals surface area contributed by atoms with E-state index in [2.05, 4.69) is 27.1 Å². The molecule has 2 aromatic carbocycles. The van der Waals surface area contributed by atoms with E-state index in [1.54, 1.807) is 36.2 Å². The highest BCUT2D eigenvalue weighted by molar-refractivity contribution is 5.92. The topological polar surface area (TPSA) is 61.9 Å². The molecule has 0 unspecified atom stereocenters. The molecule has 1 fully saturated rings. The molecule has 1 saturated heterocycles. The van der Waals surface area contributed by atoms with E-state index in [0.717, 1.165) is 18.7 Å². The van der Waals surface area contributed by atoms with Gasteiger partial charge in [-0.15, -0.1) is 0 Å². The van der Waals surface area contributed by atoms with E-state index in [1.165, 1.54) is 25.6 Å². The van der Waals surface area contributed by atoms with Gasteiger partial charge in [0.15, 0.2) is 0 Å². The van der Waals surface area contributed by atoms with Gasteiger partial charge in [0.25, 0.3) is 0 Å². The van der Waals surface area contributed by atoms with Crippen LogP contribution in [0.1, 0.15) is 28.8 Å². The van der Waals surface area contributed by atoms with Crippen molar-refractivity contribution >= 4 is 23.4 Å². The molecule has 0 aromatic heterocycles. The Balaban J connectivity index is 1.63. The number of ether oxygens (including phenoxy) is 1. The molecule has 2 amide bonds. The molecule has 6 heteroatoms. The lowest BCUT2D eigenvalue weighted by molar-refractivity contribution is 0.0600. The third-order valence-electron chi connectivity index (χ3n) is 4.75. The normalized spacial score (nSPS) is 13.3. The predicted octanol–water partition coefficient (Wildman–Crippen LogP) is 3.74. The van der Waals surface area contributed by atoms with Gasteiger partial charge in [0.2, 0.25) is 0 Å². The van der Waals surface area contributed by atoms with Gasteiger partial charge in [0.1, 0.15) is 0 Å². The van der Waals surface area contributed by atoms with Crippen LogP contribution in [0.4, 0.5) is 16.2 Å². The number of para-hydroxylation sites is 1. The number of hydrogen-bond acceptors (Lipinski definition) is 4. The van der Waals surface area contributed by atoms with Crippen molar-refractivity contribution < 1.29 is 14.3 Å². The molecule has 142 valence electrons. The maximum Gasteiger partial charge on any atom is 0.337 e. The lowest BCUT2D eigenvalue weighted by atomic mass is 10.1. The highest BCUT2D eigenvalue weighted by Gasteiger charge is 2.17. The minimum absolute atomic E-state index is 0.197. The minimum Gasteiger partial charge on any atom is -0.465 e. The molecule has 6 nitrogen and oxygen atoms in total. The Morgan fingerprint density at radius 3 is 2.41 bits per heavy atom. The van der Waals surface area contributed by atoms with Gasteiger partial charge in [0, 0.05) is 38.1 Å². The Labute approximate surface area is 159 Å². The number of hydrogen-bond donors (Lipinski definition) is 1. The third kappa shape index (κ3) is 4.58. The van der Waals surface area contributed by atoms with Crippen molar-refractivity contribution in [2.75, 3.05) is 37.5 Å². The third-order valence-corrected chi connectivity index (χ3v) is 4.75. The van der Waals surface area contributed by atoms with Crippen molar-refractivity contribution in [2.24, 2.45) is 0 Å². The van der Waals surface area contributed by atoms with Gasteiger partial charge in [-0.2, -0.15) is 0 Å². The summed E-state index contributed by atoms with van der Waals surface area (Å²) in [5, 5.41) is 2.86. The number of nitrogens with zero attached hydrogens (tertiary/aromatic N) is 2. The van der Waals surface area contributed by atoms with Crippen LogP contribution in [-0.2, 0) is 11.3 Å². The maximum atomic E-state index is 12.5. The number of anilines is 2. The van der Waals surface area contributed by atoms with Crippen LogP contribution in [-0.4, -0.2) is 44.1 Å². The second kappa shape index (κ2) is 8.58. The van der Waals surface area contributed by atoms with Crippen molar-refractivity contribution in [3.63, 3.8) is 0 Å². The number of rotatable bonds is 5. The smallest absolute Gasteiger partial charge is 0.337 e. The van der Waals surface area contributed by atoms with Crippen molar-refractivity contribution in [1.29, 1.82) is 0 Å². The first kappa shape index (κ1) is 18.8. The van der Waals surface area contributed by atoms with E-state index in [0.29, 0.717) is 17.8 Å². The van der Waals surface area contributed by atoms with Crippen LogP contribution in [0.5, 0.6) is 0 Å². The molecule has 0 atom stereocenters. The number of nitrogens with one attached hydrogen (secondary N) is 1. The van der Waals surface area contributed by atoms with Crippen molar-refractivity contribution in [3.05, 3.63) is 59.7 Å². The predicted molar refractivity (Wildman–Crippen MR) is 106 cm³/mol. The van der Waals surface area contributed by atoms with Gasteiger partial charge in [-0.05, 0) is 48.7 Å². The maximum absolute atomic E-state index is 12.5. The minimum atomic E-state index is -0.400. The first-order chi connectivity index (χ1) is 13.1. The zero-order valence-electron chi connectivity index (χ0n) is 15.8. The molecule has 27 heavy (non-hydrogen) atoms. The summed E-state index contributed by atoms with van der Waals surface area (Å²) in [6, 6.07) is 14.7. The Morgan fingerprint density at radius 1 is 1.07 bits per heavy atom. The van der Waals surface area contributed by atoms with Gasteiger partial charge >= 0.3 is 12.0 Å². The Morgan fingerprint density at radius 2 is 1.74 bits per heavy atom. The standard InChI is InChI=1S/C21H25N3O3/c1-23(15-17-7-3-4-8-19(17)24-13-5-6-14-24)21(26)22-18-11-9-16(10-12-18)20(25)27-2/h3-4,7-12H,5-6,13-15H2,1-2H3,(H,22,26). The molecule has 1 heterocycles. The van der Waals surface area contributed by atoms with Gasteiger partial charge in [-0.1, -0.05) is 18.2 Å². The monoisotopic (exact) mass is 367 g/mol. The van der Waals surface area contributed by atoms with Crippen LogP contribution in [0.3, 0.4) is 0 Å². The quantitative estimate of drug-likeness (QED) is 0.818. The fraction of sp³-hybridized carbons (Fsp3) is 0.333. The van der Waals surface area contributed by atoms with E-state index in [1.807, 2.05) is 12.1 Å². The average molecular weight is 367 g/mol. The molecule has 1 N–H and O–H groups in total. The summed E-state index contributed by atoms with van der Waals surface area (Å²) >= 11 is 0. The highest BCUT2D eigenvalue weighted by Crippen LogP contribution is 2.25. The second-order valence-corrected chi connectivity index (χ2v) is 6.68. The van der Waals surface area contributed by atoms with E-state index >= 15 is 0 Å². The van der Waals surface area contributed by atoms with Gasteiger partial charge in [-0.25, -0.2) is 9.59 Å². The lowest BCUT2D eigenvalue weighted by Gasteiger charge is -2.24. The Kier molecular flexibility index (Phi) is 5.96. The highest BCUT2D eigenvalue weighted by atomic mass is 16.5. The summed E-state index contributed by atoms with van der Waals surface area (Å²) < 4.78 is 4.68. The summed E-state index contributed by atoms with van der Waals surface area (Å²) in [5.41, 5.74) is 3.42. The van der Waals surface area contributed by atoms with Crippen molar-refractivity contribution in [3.8, 4) is 0 Å². The summed E-state index contributed by atoms with van der Waals surface area (Å²) in [7, 11) is 3.12. The van der Waals surface area contributed by atoms with Crippen molar-refractivity contribution in [2.45, 2.75) is 19.4 Å². The molecule has 0 saturated carbocycles. The van der Waals surface area contributed by atoms with Gasteiger partial charge in [-0.3, -0.25) is 0 Å². The molecule has 3 rings (SSSR count). The van der Waals surface area contributed by atoms with Crippen molar-refractivity contribution in [1.82, 2.24) is 4.90 Å². The number of methoxy groups -OCH3 is 1. The van der Waals surface area contributed by atoms with E-state index in [-0.39, 0.29) is 6.03 Å². The number of carbonyl (C=O) groups excluding carboxylic acids is 2. The van der Waals surface area contributed by atoms with E-state index in [4.69, 9.17) is 0 Å². The molecule has 0 radical (unpaired) electrons. The summed E-state index contributed by atoms with van der Waals surface area (Å²) in [5.74, 6) is -0.400. The first-order valence-corrected chi connectivity index (χ1v) is 9.12. The molecular formula is C21H25N3O3. The fourth-order valence-corrected chi connectivity index (χ4v) is 3.26. The first-order valence-electron chi connectivity index (χ1n) is 9.12. The molecule has 0 aliphatic carbocycles. The average Bonchev–Trinajstić information content (AvgIpc) is 3.23. The van der Waals surface area contributed by atoms with E-state index < -0.39 is 5.97 Å². The molecule has 0 bridgehead atoms. The second-order valence-electron chi connectivity index (χ2n) is 6.68. The fourth-order valence-electron chi connectivity index (χ4n) is 3.26. The Bertz CT molecular complexity index is 799.